The van der Waals surface area contributed by atoms with Crippen molar-refractivity contribution in [1.29, 1.82) is 15.8 Å². The molecule has 234 valence electrons. The van der Waals surface area contributed by atoms with Crippen molar-refractivity contribution in [3.63, 3.8) is 0 Å². The van der Waals surface area contributed by atoms with Crippen molar-refractivity contribution < 1.29 is 0 Å². The van der Waals surface area contributed by atoms with Gasteiger partial charge in [0.15, 0.2) is 0 Å². The second-order valence-corrected chi connectivity index (χ2v) is 12.7. The first-order valence-electron chi connectivity index (χ1n) is 16.7. The first-order valence-corrected chi connectivity index (χ1v) is 16.7. The number of nitrogens with zero attached hydrogens (tertiary/aromatic N) is 4. The standard InChI is InChI=1S/C47H26N4/c48-27-30-18-20-44-42(24-30)43-25-31(28-49)19-21-45(43)51(44)35-23-32(29-50)22-34(26-35)36-12-4-5-13-37(36)47-40-16-8-6-14-38(40)46(33-10-2-1-3-11-33)39-15-7-9-17-41(39)47/h1-26H. The van der Waals surface area contributed by atoms with Crippen LogP contribution in [0, 0.1) is 34.0 Å². The molecule has 9 aromatic rings. The van der Waals surface area contributed by atoms with Crippen LogP contribution in [-0.4, -0.2) is 4.57 Å². The van der Waals surface area contributed by atoms with Gasteiger partial charge in [-0.25, -0.2) is 0 Å². The summed E-state index contributed by atoms with van der Waals surface area (Å²) < 4.78 is 2.12. The van der Waals surface area contributed by atoms with Gasteiger partial charge in [-0.2, -0.15) is 15.8 Å². The lowest BCUT2D eigenvalue weighted by molar-refractivity contribution is 1.18. The summed E-state index contributed by atoms with van der Waals surface area (Å²) in [5, 5.41) is 36.2. The zero-order valence-corrected chi connectivity index (χ0v) is 27.3. The number of nitriles is 3. The zero-order valence-electron chi connectivity index (χ0n) is 27.3. The molecule has 0 fully saturated rings. The summed E-state index contributed by atoms with van der Waals surface area (Å²) in [6.07, 6.45) is 0. The maximum absolute atomic E-state index is 10.4. The molecular formula is C47H26N4. The van der Waals surface area contributed by atoms with Crippen LogP contribution < -0.4 is 0 Å². The number of aromatic nitrogens is 1. The Balaban J connectivity index is 1.33. The van der Waals surface area contributed by atoms with E-state index in [1.807, 2.05) is 54.6 Å². The second kappa shape index (κ2) is 11.9. The average Bonchev–Trinajstić information content (AvgIpc) is 3.52. The summed E-state index contributed by atoms with van der Waals surface area (Å²) in [4.78, 5) is 0. The first-order chi connectivity index (χ1) is 25.2. The Kier molecular flexibility index (Phi) is 6.93. The molecule has 4 nitrogen and oxygen atoms in total. The van der Waals surface area contributed by atoms with Crippen LogP contribution in [0.5, 0.6) is 0 Å². The van der Waals surface area contributed by atoms with E-state index in [1.54, 1.807) is 0 Å². The van der Waals surface area contributed by atoms with Crippen molar-refractivity contribution in [2.75, 3.05) is 0 Å². The molecule has 1 heterocycles. The Morgan fingerprint density at radius 2 is 0.843 bits per heavy atom. The topological polar surface area (TPSA) is 76.3 Å². The third kappa shape index (κ3) is 4.74. The van der Waals surface area contributed by atoms with Crippen molar-refractivity contribution in [3.05, 3.63) is 174 Å². The average molecular weight is 647 g/mol. The molecular weight excluding hydrogens is 621 g/mol. The van der Waals surface area contributed by atoms with Gasteiger partial charge in [-0.05, 0) is 110 Å². The second-order valence-electron chi connectivity index (χ2n) is 12.7. The van der Waals surface area contributed by atoms with E-state index in [0.29, 0.717) is 16.7 Å². The molecule has 0 unspecified atom stereocenters. The Morgan fingerprint density at radius 1 is 0.353 bits per heavy atom. The smallest absolute Gasteiger partial charge is 0.0992 e. The molecule has 51 heavy (non-hydrogen) atoms. The lowest BCUT2D eigenvalue weighted by Gasteiger charge is -2.20. The molecule has 0 amide bonds. The van der Waals surface area contributed by atoms with Crippen molar-refractivity contribution in [1.82, 2.24) is 4.57 Å². The predicted octanol–water partition coefficient (Wildman–Crippen LogP) is 11.7. The first kappa shape index (κ1) is 29.7. The molecule has 0 saturated carbocycles. The molecule has 0 aliphatic rings. The minimum Gasteiger partial charge on any atom is -0.309 e. The summed E-state index contributed by atoms with van der Waals surface area (Å²) in [5.41, 5.74) is 10.7. The van der Waals surface area contributed by atoms with Gasteiger partial charge in [-0.15, -0.1) is 0 Å². The van der Waals surface area contributed by atoms with E-state index >= 15 is 0 Å². The van der Waals surface area contributed by atoms with Crippen molar-refractivity contribution in [2.45, 2.75) is 0 Å². The van der Waals surface area contributed by atoms with Crippen LogP contribution in [0.4, 0.5) is 0 Å². The summed E-state index contributed by atoms with van der Waals surface area (Å²) in [5.74, 6) is 0. The summed E-state index contributed by atoms with van der Waals surface area (Å²) >= 11 is 0. The lowest BCUT2D eigenvalue weighted by atomic mass is 9.83. The Bertz CT molecular complexity index is 2870. The van der Waals surface area contributed by atoms with Gasteiger partial charge < -0.3 is 4.57 Å². The predicted molar refractivity (Wildman–Crippen MR) is 206 cm³/mol. The van der Waals surface area contributed by atoms with Crippen LogP contribution in [0.1, 0.15) is 16.7 Å². The van der Waals surface area contributed by atoms with E-state index in [1.165, 1.54) is 21.9 Å². The highest BCUT2D eigenvalue weighted by molar-refractivity contribution is 6.22. The molecule has 0 saturated heterocycles. The molecule has 4 heteroatoms. The van der Waals surface area contributed by atoms with E-state index in [2.05, 4.69) is 126 Å². The fourth-order valence-corrected chi connectivity index (χ4v) is 7.69. The van der Waals surface area contributed by atoms with Crippen LogP contribution in [0.2, 0.25) is 0 Å². The summed E-state index contributed by atoms with van der Waals surface area (Å²) in [6, 6.07) is 60.4. The highest BCUT2D eigenvalue weighted by atomic mass is 15.0. The minimum atomic E-state index is 0.531. The number of hydrogen-bond donors (Lipinski definition) is 0. The van der Waals surface area contributed by atoms with Crippen LogP contribution in [0.15, 0.2) is 158 Å². The molecule has 0 N–H and O–H groups in total. The molecule has 0 radical (unpaired) electrons. The van der Waals surface area contributed by atoms with Crippen LogP contribution >= 0.6 is 0 Å². The highest BCUT2D eigenvalue weighted by Crippen LogP contribution is 2.46. The number of hydrogen-bond acceptors (Lipinski definition) is 3. The largest absolute Gasteiger partial charge is 0.309 e. The summed E-state index contributed by atoms with van der Waals surface area (Å²) in [6.45, 7) is 0. The van der Waals surface area contributed by atoms with Crippen molar-refractivity contribution in [2.24, 2.45) is 0 Å². The molecule has 1 aromatic heterocycles. The van der Waals surface area contributed by atoms with Gasteiger partial charge in [0.2, 0.25) is 0 Å². The van der Waals surface area contributed by atoms with E-state index < -0.39 is 0 Å². The van der Waals surface area contributed by atoms with Gasteiger partial charge in [0.25, 0.3) is 0 Å². The third-order valence-electron chi connectivity index (χ3n) is 9.83. The van der Waals surface area contributed by atoms with Crippen LogP contribution in [0.3, 0.4) is 0 Å². The Hall–Kier alpha value is -7.45. The summed E-state index contributed by atoms with van der Waals surface area (Å²) in [7, 11) is 0. The Labute approximate surface area is 294 Å². The number of benzene rings is 8. The molecule has 0 bridgehead atoms. The normalized spacial score (nSPS) is 11.1. The van der Waals surface area contributed by atoms with Crippen molar-refractivity contribution >= 4 is 43.4 Å². The van der Waals surface area contributed by atoms with Crippen LogP contribution in [0.25, 0.3) is 82.4 Å². The molecule has 0 atom stereocenters. The van der Waals surface area contributed by atoms with Crippen LogP contribution in [-0.2, 0) is 0 Å². The third-order valence-corrected chi connectivity index (χ3v) is 9.83. The van der Waals surface area contributed by atoms with Crippen molar-refractivity contribution in [3.8, 4) is 57.3 Å². The monoisotopic (exact) mass is 646 g/mol. The van der Waals surface area contributed by atoms with E-state index in [0.717, 1.165) is 60.5 Å². The highest BCUT2D eigenvalue weighted by Gasteiger charge is 2.20. The Morgan fingerprint density at radius 3 is 1.39 bits per heavy atom. The van der Waals surface area contributed by atoms with E-state index in [-0.39, 0.29) is 0 Å². The zero-order chi connectivity index (χ0) is 34.5. The molecule has 0 aliphatic carbocycles. The number of fused-ring (bicyclic) bond motifs is 5. The van der Waals surface area contributed by atoms with Gasteiger partial charge in [-0.1, -0.05) is 103 Å². The fourth-order valence-electron chi connectivity index (χ4n) is 7.69. The lowest BCUT2D eigenvalue weighted by Crippen LogP contribution is -1.97. The van der Waals surface area contributed by atoms with Gasteiger partial charge in [-0.3, -0.25) is 0 Å². The molecule has 0 spiro atoms. The number of rotatable bonds is 4. The van der Waals surface area contributed by atoms with Gasteiger partial charge in [0, 0.05) is 16.5 Å². The van der Waals surface area contributed by atoms with Gasteiger partial charge in [0.1, 0.15) is 0 Å². The fraction of sp³-hybridized carbons (Fsp3) is 0. The maximum atomic E-state index is 10.4. The molecule has 0 aliphatic heterocycles. The van der Waals surface area contributed by atoms with Gasteiger partial charge >= 0.3 is 0 Å². The van der Waals surface area contributed by atoms with Gasteiger partial charge in [0.05, 0.1) is 45.9 Å². The van der Waals surface area contributed by atoms with E-state index in [4.69, 9.17) is 0 Å². The van der Waals surface area contributed by atoms with E-state index in [9.17, 15) is 15.8 Å². The molecule has 8 aromatic carbocycles. The SMILES string of the molecule is N#Cc1cc(-c2ccccc2-c2c3ccccc3c(-c3ccccc3)c3ccccc23)cc(-n2c3ccc(C#N)cc3c3cc(C#N)ccc32)c1. The molecule has 9 rings (SSSR count). The quantitative estimate of drug-likeness (QED) is 0.179. The maximum Gasteiger partial charge on any atom is 0.0992 e. The minimum absolute atomic E-state index is 0.531.